The summed E-state index contributed by atoms with van der Waals surface area (Å²) in [4.78, 5) is 46.8. The number of fused-ring (bicyclic) bond motifs is 1. The summed E-state index contributed by atoms with van der Waals surface area (Å²) in [6, 6.07) is 3.35. The summed E-state index contributed by atoms with van der Waals surface area (Å²) in [5.74, 6) is -0.0288. The van der Waals surface area contributed by atoms with Crippen LogP contribution in [0.25, 0.3) is 11.1 Å². The van der Waals surface area contributed by atoms with Gasteiger partial charge in [0.05, 0.1) is 6.61 Å². The van der Waals surface area contributed by atoms with E-state index in [1.807, 2.05) is 13.0 Å². The van der Waals surface area contributed by atoms with Crippen LogP contribution in [0.4, 0.5) is 11.5 Å². The molecule has 2 N–H and O–H groups in total. The predicted molar refractivity (Wildman–Crippen MR) is 149 cm³/mol. The molecule has 2 aromatic heterocycles. The quantitative estimate of drug-likeness (QED) is 0.604. The smallest absolute Gasteiger partial charge is 0.275 e. The summed E-state index contributed by atoms with van der Waals surface area (Å²) in [7, 11) is 1.61. The molecule has 2 aliphatic rings. The minimum Gasteiger partial charge on any atom is -0.392 e. The number of pyridine rings is 2. The molecule has 202 valence electrons. The van der Waals surface area contributed by atoms with Crippen LogP contribution < -0.4 is 15.8 Å². The Bertz CT molecular complexity index is 1360. The second-order valence-electron chi connectivity index (χ2n) is 10.9. The zero-order valence-corrected chi connectivity index (χ0v) is 22.7. The number of nitrogens with one attached hydrogen (secondary N) is 1. The van der Waals surface area contributed by atoms with E-state index in [9.17, 15) is 19.5 Å². The number of piperazine rings is 1. The summed E-state index contributed by atoms with van der Waals surface area (Å²) in [6.07, 6.45) is 7.87. The van der Waals surface area contributed by atoms with E-state index >= 15 is 0 Å². The number of aryl methyl sites for hydroxylation is 1. The normalized spacial score (nSPS) is 18.8. The maximum Gasteiger partial charge on any atom is 0.275 e. The molecule has 0 saturated carbocycles. The number of aliphatic hydroxyl groups excluding tert-OH is 1. The topological polar surface area (TPSA) is 108 Å². The first-order valence-corrected chi connectivity index (χ1v) is 13.1. The van der Waals surface area contributed by atoms with Crippen LogP contribution in [0.5, 0.6) is 0 Å². The molecule has 0 atom stereocenters. The van der Waals surface area contributed by atoms with Crippen molar-refractivity contribution < 1.29 is 14.7 Å². The molecule has 2 aliphatic heterocycles. The number of allylic oxidation sites excluding steroid dienone is 2. The van der Waals surface area contributed by atoms with Crippen molar-refractivity contribution >= 4 is 23.3 Å². The van der Waals surface area contributed by atoms with Crippen LogP contribution in [0.15, 0.2) is 53.2 Å². The van der Waals surface area contributed by atoms with Crippen molar-refractivity contribution in [1.82, 2.24) is 14.5 Å². The highest BCUT2D eigenvalue weighted by atomic mass is 16.3. The molecular weight excluding hydrogens is 482 g/mol. The number of rotatable bonds is 6. The van der Waals surface area contributed by atoms with Crippen LogP contribution in [0, 0.1) is 5.41 Å². The Balaban J connectivity index is 1.73. The summed E-state index contributed by atoms with van der Waals surface area (Å²) in [5.41, 5.74) is 3.19. The first kappa shape index (κ1) is 27.3. The van der Waals surface area contributed by atoms with E-state index in [4.69, 9.17) is 0 Å². The molecule has 38 heavy (non-hydrogen) atoms. The lowest BCUT2D eigenvalue weighted by molar-refractivity contribution is -0.118. The molecule has 0 unspecified atom stereocenters. The van der Waals surface area contributed by atoms with Crippen LogP contribution in [-0.2, 0) is 23.2 Å². The third kappa shape index (κ3) is 5.57. The van der Waals surface area contributed by atoms with Gasteiger partial charge in [0, 0.05) is 56.6 Å². The van der Waals surface area contributed by atoms with E-state index in [0.717, 1.165) is 25.0 Å². The Morgan fingerprint density at radius 1 is 1.24 bits per heavy atom. The molecule has 0 aromatic carbocycles. The molecule has 4 heterocycles. The second-order valence-corrected chi connectivity index (χ2v) is 10.9. The molecular formula is C29H37N5O4. The number of anilines is 2. The molecule has 9 nitrogen and oxygen atoms in total. The van der Waals surface area contributed by atoms with Crippen LogP contribution in [0.3, 0.4) is 0 Å². The van der Waals surface area contributed by atoms with E-state index in [0.29, 0.717) is 54.1 Å². The van der Waals surface area contributed by atoms with Crippen molar-refractivity contribution in [3.05, 3.63) is 64.4 Å². The number of aliphatic hydroxyl groups is 1. The Labute approximate surface area is 223 Å². The zero-order chi connectivity index (χ0) is 27.6. The Kier molecular flexibility index (Phi) is 7.87. The summed E-state index contributed by atoms with van der Waals surface area (Å²) >= 11 is 0. The van der Waals surface area contributed by atoms with Crippen molar-refractivity contribution in [1.29, 1.82) is 0 Å². The van der Waals surface area contributed by atoms with Gasteiger partial charge in [-0.2, -0.15) is 0 Å². The fraction of sp³-hybridized carbons (Fsp3) is 0.448. The largest absolute Gasteiger partial charge is 0.392 e. The number of hydrogen-bond donors (Lipinski definition) is 2. The Hall–Kier alpha value is -3.72. The van der Waals surface area contributed by atoms with Gasteiger partial charge in [0.15, 0.2) is 0 Å². The van der Waals surface area contributed by atoms with Gasteiger partial charge >= 0.3 is 0 Å². The molecule has 2 aromatic rings. The third-order valence-corrected chi connectivity index (χ3v) is 7.20. The Morgan fingerprint density at radius 3 is 2.71 bits per heavy atom. The fourth-order valence-corrected chi connectivity index (χ4v) is 5.22. The van der Waals surface area contributed by atoms with E-state index in [1.54, 1.807) is 36.5 Å². The van der Waals surface area contributed by atoms with E-state index in [-0.39, 0.29) is 35.1 Å². The van der Waals surface area contributed by atoms with Crippen LogP contribution in [0.2, 0.25) is 0 Å². The number of aromatic nitrogens is 2. The lowest BCUT2D eigenvalue weighted by Gasteiger charge is -2.41. The first-order valence-electron chi connectivity index (χ1n) is 13.1. The summed E-state index contributed by atoms with van der Waals surface area (Å²) < 4.78 is 1.40. The molecule has 4 rings (SSSR count). The van der Waals surface area contributed by atoms with E-state index < -0.39 is 0 Å². The number of hydrogen-bond acceptors (Lipinski definition) is 6. The molecule has 0 bridgehead atoms. The van der Waals surface area contributed by atoms with Gasteiger partial charge in [-0.25, -0.2) is 4.98 Å². The van der Waals surface area contributed by atoms with E-state index in [1.165, 1.54) is 4.57 Å². The molecule has 9 heteroatoms. The zero-order valence-electron chi connectivity index (χ0n) is 22.7. The maximum atomic E-state index is 13.7. The molecule has 2 amide bonds. The highest BCUT2D eigenvalue weighted by Crippen LogP contribution is 2.36. The highest BCUT2D eigenvalue weighted by molar-refractivity contribution is 6.06. The van der Waals surface area contributed by atoms with Gasteiger partial charge in [0.25, 0.3) is 11.5 Å². The van der Waals surface area contributed by atoms with Crippen LogP contribution in [0.1, 0.15) is 52.0 Å². The van der Waals surface area contributed by atoms with E-state index in [2.05, 4.69) is 35.6 Å². The van der Waals surface area contributed by atoms with Gasteiger partial charge in [-0.05, 0) is 48.4 Å². The fourth-order valence-electron chi connectivity index (χ4n) is 5.22. The average molecular weight is 520 g/mol. The van der Waals surface area contributed by atoms with Crippen molar-refractivity contribution in [3.8, 4) is 11.1 Å². The number of amides is 2. The Morgan fingerprint density at radius 2 is 2.00 bits per heavy atom. The highest BCUT2D eigenvalue weighted by Gasteiger charge is 2.35. The van der Waals surface area contributed by atoms with Crippen molar-refractivity contribution in [2.45, 2.75) is 53.1 Å². The van der Waals surface area contributed by atoms with Crippen molar-refractivity contribution in [3.63, 3.8) is 0 Å². The van der Waals surface area contributed by atoms with Gasteiger partial charge in [-0.3, -0.25) is 19.3 Å². The number of carbonyl (C=O) groups is 2. The summed E-state index contributed by atoms with van der Waals surface area (Å²) in [6.45, 7) is 12.0. The predicted octanol–water partition coefficient (Wildman–Crippen LogP) is 3.59. The SMILES string of the molecule is C=C1/C=C2/C(=O)N(c3nccc(-c4cc(NC(=O)CCC)c(=O)n(C)c4)c3CO)CCN2CCC(C)(C)C1. The molecule has 1 fully saturated rings. The lowest BCUT2D eigenvalue weighted by atomic mass is 9.81. The van der Waals surface area contributed by atoms with Gasteiger partial charge in [-0.1, -0.05) is 32.9 Å². The van der Waals surface area contributed by atoms with Gasteiger partial charge in [0.1, 0.15) is 17.2 Å². The first-order chi connectivity index (χ1) is 18.0. The van der Waals surface area contributed by atoms with Gasteiger partial charge in [0.2, 0.25) is 5.91 Å². The van der Waals surface area contributed by atoms with Crippen LogP contribution >= 0.6 is 0 Å². The maximum absolute atomic E-state index is 13.7. The molecule has 0 aliphatic carbocycles. The standard InChI is InChI=1S/C29H37N5O4/c1-6-7-25(36)31-23-15-20(17-32(5)27(23)37)21-8-10-30-26(22(21)18-35)34-13-12-33-11-9-29(3,4)16-19(2)14-24(33)28(34)38/h8,10,14-15,17,35H,2,6-7,9,11-13,16,18H2,1,3-5H3,(H,31,36)/b24-14-. The molecule has 0 radical (unpaired) electrons. The van der Waals surface area contributed by atoms with Crippen molar-refractivity contribution in [2.75, 3.05) is 29.9 Å². The number of nitrogens with zero attached hydrogens (tertiary/aromatic N) is 4. The minimum atomic E-state index is -0.355. The van der Waals surface area contributed by atoms with Gasteiger partial charge < -0.3 is 19.9 Å². The average Bonchev–Trinajstić information content (AvgIpc) is 2.85. The third-order valence-electron chi connectivity index (χ3n) is 7.20. The molecule has 0 spiro atoms. The lowest BCUT2D eigenvalue weighted by Crippen LogP contribution is -2.50. The summed E-state index contributed by atoms with van der Waals surface area (Å²) in [5, 5.41) is 13.1. The minimum absolute atomic E-state index is 0.115. The monoisotopic (exact) mass is 519 g/mol. The van der Waals surface area contributed by atoms with Crippen LogP contribution in [-0.4, -0.2) is 51.0 Å². The van der Waals surface area contributed by atoms with Crippen molar-refractivity contribution in [2.24, 2.45) is 12.5 Å². The van der Waals surface area contributed by atoms with Gasteiger partial charge in [-0.15, -0.1) is 0 Å². The molecule has 1 saturated heterocycles. The second kappa shape index (κ2) is 10.9. The number of carbonyl (C=O) groups excluding carboxylic acids is 2.